The monoisotopic (exact) mass is 288 g/mol. The zero-order chi connectivity index (χ0) is 13.8. The molecule has 2 aromatic heterocycles. The van der Waals surface area contributed by atoms with Crippen molar-refractivity contribution in [3.63, 3.8) is 0 Å². The average Bonchev–Trinajstić information content (AvgIpc) is 2.88. The Morgan fingerprint density at radius 3 is 2.50 bits per heavy atom. The fourth-order valence-electron chi connectivity index (χ4n) is 2.57. The van der Waals surface area contributed by atoms with Gasteiger partial charge in [-0.15, -0.1) is 11.3 Å². The van der Waals surface area contributed by atoms with Crippen molar-refractivity contribution in [1.29, 1.82) is 0 Å². The van der Waals surface area contributed by atoms with Gasteiger partial charge in [-0.3, -0.25) is 14.8 Å². The van der Waals surface area contributed by atoms with E-state index in [2.05, 4.69) is 38.1 Å². The van der Waals surface area contributed by atoms with Crippen LogP contribution in [0.5, 0.6) is 0 Å². The van der Waals surface area contributed by atoms with E-state index >= 15 is 0 Å². The van der Waals surface area contributed by atoms with Crippen molar-refractivity contribution in [3.8, 4) is 0 Å². The molecule has 20 heavy (non-hydrogen) atoms. The van der Waals surface area contributed by atoms with Gasteiger partial charge in [-0.2, -0.15) is 0 Å². The summed E-state index contributed by atoms with van der Waals surface area (Å²) in [4.78, 5) is 13.7. The predicted molar refractivity (Wildman–Crippen MR) is 81.6 cm³/mol. The first kappa shape index (κ1) is 13.7. The first-order valence-electron chi connectivity index (χ1n) is 7.04. The standard InChI is InChI=1S/C15H20N4S/c1-13-17-15(12-20-13)11-19-7-5-18(6-8-19)10-14-3-2-4-16-9-14/h2-4,9,12H,5-8,10-11H2,1H3. The van der Waals surface area contributed by atoms with E-state index in [4.69, 9.17) is 0 Å². The minimum absolute atomic E-state index is 0.991. The lowest BCUT2D eigenvalue weighted by atomic mass is 10.2. The van der Waals surface area contributed by atoms with Crippen LogP contribution in [0.3, 0.4) is 0 Å². The number of hydrogen-bond acceptors (Lipinski definition) is 5. The zero-order valence-corrected chi connectivity index (χ0v) is 12.6. The van der Waals surface area contributed by atoms with Gasteiger partial charge in [-0.25, -0.2) is 4.98 Å². The molecule has 1 fully saturated rings. The summed E-state index contributed by atoms with van der Waals surface area (Å²) in [6, 6.07) is 4.16. The lowest BCUT2D eigenvalue weighted by Gasteiger charge is -2.34. The van der Waals surface area contributed by atoms with Crippen molar-refractivity contribution in [3.05, 3.63) is 46.2 Å². The normalized spacial score (nSPS) is 17.4. The predicted octanol–water partition coefficient (Wildman–Crippen LogP) is 2.16. The quantitative estimate of drug-likeness (QED) is 0.863. The highest BCUT2D eigenvalue weighted by Crippen LogP contribution is 2.13. The number of piperazine rings is 1. The van der Waals surface area contributed by atoms with Gasteiger partial charge < -0.3 is 0 Å². The molecule has 2 aromatic rings. The first-order valence-corrected chi connectivity index (χ1v) is 7.92. The molecule has 0 bridgehead atoms. The van der Waals surface area contributed by atoms with Crippen LogP contribution in [-0.2, 0) is 13.1 Å². The molecule has 0 saturated carbocycles. The number of hydrogen-bond donors (Lipinski definition) is 0. The smallest absolute Gasteiger partial charge is 0.0897 e. The van der Waals surface area contributed by atoms with Gasteiger partial charge in [0, 0.05) is 57.0 Å². The van der Waals surface area contributed by atoms with E-state index in [0.717, 1.165) is 44.3 Å². The number of aromatic nitrogens is 2. The number of rotatable bonds is 4. The van der Waals surface area contributed by atoms with Gasteiger partial charge in [0.25, 0.3) is 0 Å². The Kier molecular flexibility index (Phi) is 4.40. The Bertz CT molecular complexity index is 532. The van der Waals surface area contributed by atoms with Crippen molar-refractivity contribution in [2.24, 2.45) is 0 Å². The van der Waals surface area contributed by atoms with E-state index in [9.17, 15) is 0 Å². The molecule has 1 saturated heterocycles. The second-order valence-electron chi connectivity index (χ2n) is 5.27. The topological polar surface area (TPSA) is 32.3 Å². The maximum atomic E-state index is 4.55. The Balaban J connectivity index is 1.47. The summed E-state index contributed by atoms with van der Waals surface area (Å²) < 4.78 is 0. The molecule has 0 N–H and O–H groups in total. The summed E-state index contributed by atoms with van der Waals surface area (Å²) in [6.07, 6.45) is 3.79. The molecule has 1 aliphatic heterocycles. The summed E-state index contributed by atoms with van der Waals surface area (Å²) >= 11 is 1.74. The van der Waals surface area contributed by atoms with Gasteiger partial charge in [0.2, 0.25) is 0 Å². The Morgan fingerprint density at radius 2 is 1.90 bits per heavy atom. The van der Waals surface area contributed by atoms with Gasteiger partial charge in [0.15, 0.2) is 0 Å². The van der Waals surface area contributed by atoms with E-state index in [1.807, 2.05) is 18.5 Å². The maximum absolute atomic E-state index is 4.55. The van der Waals surface area contributed by atoms with Crippen molar-refractivity contribution in [2.45, 2.75) is 20.0 Å². The summed E-state index contributed by atoms with van der Waals surface area (Å²) in [5.74, 6) is 0. The second-order valence-corrected chi connectivity index (χ2v) is 6.33. The Morgan fingerprint density at radius 1 is 1.15 bits per heavy atom. The van der Waals surface area contributed by atoms with E-state index in [1.165, 1.54) is 11.3 Å². The lowest BCUT2D eigenvalue weighted by Crippen LogP contribution is -2.45. The number of nitrogens with zero attached hydrogens (tertiary/aromatic N) is 4. The van der Waals surface area contributed by atoms with Gasteiger partial charge in [0.1, 0.15) is 0 Å². The maximum Gasteiger partial charge on any atom is 0.0897 e. The van der Waals surface area contributed by atoms with Crippen LogP contribution in [0.15, 0.2) is 29.9 Å². The average molecular weight is 288 g/mol. The third-order valence-electron chi connectivity index (χ3n) is 3.65. The number of aryl methyl sites for hydroxylation is 1. The SMILES string of the molecule is Cc1nc(CN2CCN(Cc3cccnc3)CC2)cs1. The van der Waals surface area contributed by atoms with Crippen LogP contribution in [0.25, 0.3) is 0 Å². The van der Waals surface area contributed by atoms with Gasteiger partial charge >= 0.3 is 0 Å². The third kappa shape index (κ3) is 3.62. The van der Waals surface area contributed by atoms with Gasteiger partial charge in [-0.1, -0.05) is 6.07 Å². The van der Waals surface area contributed by atoms with Crippen molar-refractivity contribution < 1.29 is 0 Å². The van der Waals surface area contributed by atoms with Crippen LogP contribution in [0.1, 0.15) is 16.3 Å². The van der Waals surface area contributed by atoms with Crippen LogP contribution >= 0.6 is 11.3 Å². The lowest BCUT2D eigenvalue weighted by molar-refractivity contribution is 0.121. The first-order chi connectivity index (χ1) is 9.79. The van der Waals surface area contributed by atoms with Crippen LogP contribution < -0.4 is 0 Å². The molecule has 5 heteroatoms. The molecule has 0 radical (unpaired) electrons. The second kappa shape index (κ2) is 6.43. The fourth-order valence-corrected chi connectivity index (χ4v) is 3.17. The molecule has 0 aliphatic carbocycles. The molecule has 4 nitrogen and oxygen atoms in total. The van der Waals surface area contributed by atoms with E-state index < -0.39 is 0 Å². The summed E-state index contributed by atoms with van der Waals surface area (Å²) in [6.45, 7) is 8.56. The van der Waals surface area contributed by atoms with E-state index in [1.54, 1.807) is 11.3 Å². The molecule has 0 unspecified atom stereocenters. The Labute approximate surface area is 124 Å². The molecule has 1 aliphatic rings. The molecule has 0 spiro atoms. The van der Waals surface area contributed by atoms with E-state index in [0.29, 0.717) is 0 Å². The molecule has 106 valence electrons. The third-order valence-corrected chi connectivity index (χ3v) is 4.47. The molecular formula is C15H20N4S. The number of thiazole rings is 1. The zero-order valence-electron chi connectivity index (χ0n) is 11.8. The van der Waals surface area contributed by atoms with Crippen molar-refractivity contribution in [1.82, 2.24) is 19.8 Å². The van der Waals surface area contributed by atoms with Crippen molar-refractivity contribution in [2.75, 3.05) is 26.2 Å². The number of pyridine rings is 1. The molecule has 0 aromatic carbocycles. The van der Waals surface area contributed by atoms with Crippen LogP contribution in [0.2, 0.25) is 0 Å². The summed E-state index contributed by atoms with van der Waals surface area (Å²) in [7, 11) is 0. The Hall–Kier alpha value is -1.30. The highest BCUT2D eigenvalue weighted by molar-refractivity contribution is 7.09. The largest absolute Gasteiger partial charge is 0.296 e. The molecule has 3 rings (SSSR count). The molecule has 0 amide bonds. The van der Waals surface area contributed by atoms with Crippen LogP contribution in [0, 0.1) is 6.92 Å². The highest BCUT2D eigenvalue weighted by Gasteiger charge is 2.17. The van der Waals surface area contributed by atoms with Crippen LogP contribution in [0.4, 0.5) is 0 Å². The summed E-state index contributed by atoms with van der Waals surface area (Å²) in [5, 5.41) is 3.34. The van der Waals surface area contributed by atoms with Gasteiger partial charge in [-0.05, 0) is 18.6 Å². The minimum atomic E-state index is 0.991. The van der Waals surface area contributed by atoms with Crippen LogP contribution in [-0.4, -0.2) is 45.9 Å². The minimum Gasteiger partial charge on any atom is -0.296 e. The highest BCUT2D eigenvalue weighted by atomic mass is 32.1. The summed E-state index contributed by atoms with van der Waals surface area (Å²) in [5.41, 5.74) is 2.52. The van der Waals surface area contributed by atoms with E-state index in [-0.39, 0.29) is 0 Å². The molecule has 3 heterocycles. The van der Waals surface area contributed by atoms with Gasteiger partial charge in [0.05, 0.1) is 10.7 Å². The fraction of sp³-hybridized carbons (Fsp3) is 0.467. The van der Waals surface area contributed by atoms with Crippen molar-refractivity contribution >= 4 is 11.3 Å². The molecule has 0 atom stereocenters. The molecular weight excluding hydrogens is 268 g/mol.